The number of nitrogens with zero attached hydrogens (tertiary/aromatic N) is 3. The molecule has 3 aromatic rings. The molecule has 1 heterocycles. The highest BCUT2D eigenvalue weighted by atomic mass is 32.1. The van der Waals surface area contributed by atoms with Crippen LogP contribution in [0.25, 0.3) is 10.8 Å². The molecule has 0 aromatic heterocycles. The van der Waals surface area contributed by atoms with Gasteiger partial charge in [-0.25, -0.2) is 0 Å². The first kappa shape index (κ1) is 16.9. The number of fused-ring (bicyclic) bond motifs is 1. The molecule has 0 spiro atoms. The molecule has 0 aliphatic carbocycles. The predicted octanol–water partition coefficient (Wildman–Crippen LogP) is 3.10. The van der Waals surface area contributed by atoms with E-state index in [4.69, 9.17) is 18.0 Å². The summed E-state index contributed by atoms with van der Waals surface area (Å²) >= 11 is 4.92. The molecule has 0 fully saturated rings. The summed E-state index contributed by atoms with van der Waals surface area (Å²) in [5, 5.41) is 11.6. The Hall–Kier alpha value is -3.58. The van der Waals surface area contributed by atoms with Gasteiger partial charge in [0.25, 0.3) is 0 Å². The van der Waals surface area contributed by atoms with Crippen LogP contribution in [0, 0.1) is 0 Å². The minimum absolute atomic E-state index is 0.121. The summed E-state index contributed by atoms with van der Waals surface area (Å²) in [5.74, 6) is -0.463. The largest absolute Gasteiger partial charge is 0.374 e. The van der Waals surface area contributed by atoms with Crippen LogP contribution in [-0.4, -0.2) is 27.5 Å². The second-order valence-corrected chi connectivity index (χ2v) is 6.32. The third kappa shape index (κ3) is 3.28. The van der Waals surface area contributed by atoms with E-state index in [0.29, 0.717) is 5.71 Å². The van der Waals surface area contributed by atoms with Crippen molar-refractivity contribution in [3.63, 3.8) is 0 Å². The van der Waals surface area contributed by atoms with Crippen molar-refractivity contribution in [2.45, 2.75) is 0 Å². The fourth-order valence-electron chi connectivity index (χ4n) is 2.81. The first-order valence-corrected chi connectivity index (χ1v) is 8.65. The molecule has 1 aliphatic heterocycles. The number of hydrazone groups is 2. The molecule has 3 aromatic carbocycles. The fraction of sp³-hybridized carbons (Fsp3) is 0. The molecule has 0 saturated carbocycles. The number of hydrogen-bond donors (Lipinski definition) is 2. The Morgan fingerprint density at radius 3 is 2.44 bits per heavy atom. The zero-order chi connectivity index (χ0) is 18.8. The number of rotatable bonds is 3. The quantitative estimate of drug-likeness (QED) is 0.546. The smallest absolute Gasteiger partial charge is 0.303 e. The lowest BCUT2D eigenvalue weighted by Crippen LogP contribution is -2.36. The van der Waals surface area contributed by atoms with Crippen molar-refractivity contribution in [2.75, 3.05) is 5.43 Å². The molecule has 132 valence electrons. The van der Waals surface area contributed by atoms with Crippen LogP contribution in [0.5, 0.6) is 0 Å². The number of hydrogen-bond acceptors (Lipinski definition) is 5. The van der Waals surface area contributed by atoms with Gasteiger partial charge in [-0.2, -0.15) is 15.2 Å². The normalized spacial score (nSPS) is 15.3. The third-order valence-corrected chi connectivity index (χ3v) is 4.29. The molecular weight excluding hydrogens is 358 g/mol. The monoisotopic (exact) mass is 373 g/mol. The molecule has 4 rings (SSSR count). The fourth-order valence-corrected chi connectivity index (χ4v) is 2.94. The van der Waals surface area contributed by atoms with Crippen LogP contribution in [0.4, 0.5) is 5.69 Å². The number of carbonyl (C=O) groups excluding carboxylic acids is 1. The highest BCUT2D eigenvalue weighted by molar-refractivity contribution is 7.80. The van der Waals surface area contributed by atoms with E-state index in [2.05, 4.69) is 15.6 Å². The van der Waals surface area contributed by atoms with E-state index in [1.165, 1.54) is 0 Å². The second-order valence-electron chi connectivity index (χ2n) is 5.90. The topological polar surface area (TPSA) is 83.1 Å². The van der Waals surface area contributed by atoms with Crippen molar-refractivity contribution < 1.29 is 4.79 Å². The molecule has 7 heteroatoms. The molecule has 3 N–H and O–H groups in total. The minimum atomic E-state index is -0.463. The summed E-state index contributed by atoms with van der Waals surface area (Å²) in [6.45, 7) is 0. The number of amides is 1. The Morgan fingerprint density at radius 2 is 1.70 bits per heavy atom. The molecule has 1 aliphatic rings. The van der Waals surface area contributed by atoms with Gasteiger partial charge in [0.15, 0.2) is 10.8 Å². The van der Waals surface area contributed by atoms with E-state index in [1.54, 1.807) is 0 Å². The van der Waals surface area contributed by atoms with Crippen molar-refractivity contribution >= 4 is 51.1 Å². The van der Waals surface area contributed by atoms with Crippen molar-refractivity contribution in [3.05, 3.63) is 78.4 Å². The maximum absolute atomic E-state index is 12.6. The van der Waals surface area contributed by atoms with Gasteiger partial charge < -0.3 is 5.73 Å². The van der Waals surface area contributed by atoms with Crippen LogP contribution >= 0.6 is 12.2 Å². The van der Waals surface area contributed by atoms with Gasteiger partial charge in [-0.1, -0.05) is 60.7 Å². The molecular formula is C20H15N5OS. The lowest BCUT2D eigenvalue weighted by Gasteiger charge is -2.07. The van der Waals surface area contributed by atoms with E-state index < -0.39 is 5.91 Å². The number of carbonyl (C=O) groups is 1. The van der Waals surface area contributed by atoms with Crippen LogP contribution < -0.4 is 11.2 Å². The Bertz CT molecular complexity index is 1110. The lowest BCUT2D eigenvalue weighted by atomic mass is 10.1. The van der Waals surface area contributed by atoms with E-state index in [-0.39, 0.29) is 10.8 Å². The lowest BCUT2D eigenvalue weighted by molar-refractivity contribution is -0.119. The van der Waals surface area contributed by atoms with E-state index in [9.17, 15) is 4.79 Å². The number of anilines is 1. The Balaban J connectivity index is 1.69. The molecule has 1 amide bonds. The molecule has 0 unspecified atom stereocenters. The summed E-state index contributed by atoms with van der Waals surface area (Å²) in [6, 6.07) is 23.2. The van der Waals surface area contributed by atoms with Gasteiger partial charge in [-0.3, -0.25) is 10.2 Å². The highest BCUT2D eigenvalue weighted by Gasteiger charge is 2.34. The van der Waals surface area contributed by atoms with Crippen LogP contribution in [0.1, 0.15) is 5.56 Å². The third-order valence-electron chi connectivity index (χ3n) is 4.12. The Labute approximate surface area is 161 Å². The van der Waals surface area contributed by atoms with Crippen molar-refractivity contribution in [1.82, 2.24) is 5.01 Å². The Morgan fingerprint density at radius 1 is 1.00 bits per heavy atom. The van der Waals surface area contributed by atoms with Crippen LogP contribution in [0.15, 0.2) is 83.0 Å². The van der Waals surface area contributed by atoms with Crippen molar-refractivity contribution in [2.24, 2.45) is 15.9 Å². The molecule has 6 nitrogen and oxygen atoms in total. The van der Waals surface area contributed by atoms with Gasteiger partial charge in [0.05, 0.1) is 5.69 Å². The zero-order valence-corrected chi connectivity index (χ0v) is 15.0. The van der Waals surface area contributed by atoms with E-state index in [1.807, 2.05) is 72.8 Å². The van der Waals surface area contributed by atoms with Gasteiger partial charge in [0.1, 0.15) is 5.71 Å². The molecule has 0 radical (unpaired) electrons. The standard InChI is InChI=1S/C20H15N5OS/c21-20(27)25-19(26)18(17(24-25)14-7-2-1-3-8-14)23-22-16-11-10-13-6-4-5-9-15(13)12-16/h1-12,22H,(H2,21,27)/b23-18+. The average molecular weight is 373 g/mol. The molecule has 0 bridgehead atoms. The number of nitrogens with one attached hydrogen (secondary N) is 1. The summed E-state index contributed by atoms with van der Waals surface area (Å²) < 4.78 is 0. The summed E-state index contributed by atoms with van der Waals surface area (Å²) in [6.07, 6.45) is 0. The van der Waals surface area contributed by atoms with Gasteiger partial charge in [0, 0.05) is 5.56 Å². The summed E-state index contributed by atoms with van der Waals surface area (Å²) in [5.41, 5.74) is 10.6. The van der Waals surface area contributed by atoms with Gasteiger partial charge in [0.2, 0.25) is 0 Å². The predicted molar refractivity (Wildman–Crippen MR) is 112 cm³/mol. The molecule has 27 heavy (non-hydrogen) atoms. The van der Waals surface area contributed by atoms with Gasteiger partial charge >= 0.3 is 5.91 Å². The second kappa shape index (κ2) is 6.97. The van der Waals surface area contributed by atoms with E-state index >= 15 is 0 Å². The highest BCUT2D eigenvalue weighted by Crippen LogP contribution is 2.20. The summed E-state index contributed by atoms with van der Waals surface area (Å²) in [7, 11) is 0. The van der Waals surface area contributed by atoms with Gasteiger partial charge in [-0.05, 0) is 35.1 Å². The molecule has 0 atom stereocenters. The summed E-state index contributed by atoms with van der Waals surface area (Å²) in [4.78, 5) is 12.6. The number of nitrogens with two attached hydrogens (primary N) is 1. The van der Waals surface area contributed by atoms with Crippen molar-refractivity contribution in [1.29, 1.82) is 0 Å². The van der Waals surface area contributed by atoms with E-state index in [0.717, 1.165) is 27.0 Å². The van der Waals surface area contributed by atoms with Crippen LogP contribution in [0.2, 0.25) is 0 Å². The Kier molecular flexibility index (Phi) is 4.35. The molecule has 0 saturated heterocycles. The zero-order valence-electron chi connectivity index (χ0n) is 14.2. The van der Waals surface area contributed by atoms with Crippen molar-refractivity contribution in [3.8, 4) is 0 Å². The first-order chi connectivity index (χ1) is 13.1. The minimum Gasteiger partial charge on any atom is -0.374 e. The maximum atomic E-state index is 12.6. The number of benzene rings is 3. The van der Waals surface area contributed by atoms with Crippen LogP contribution in [0.3, 0.4) is 0 Å². The first-order valence-electron chi connectivity index (χ1n) is 8.24. The maximum Gasteiger partial charge on any atom is 0.303 e. The SMILES string of the molecule is NC(=S)N1N=C(c2ccccc2)/C(=N\Nc2ccc3ccccc3c2)C1=O. The number of thiocarbonyl (C=S) groups is 1. The van der Waals surface area contributed by atoms with Gasteiger partial charge in [-0.15, -0.1) is 0 Å². The average Bonchev–Trinajstić information content (AvgIpc) is 3.03. The van der Waals surface area contributed by atoms with Crippen LogP contribution in [-0.2, 0) is 4.79 Å².